The zero-order chi connectivity index (χ0) is 10.0. The van der Waals surface area contributed by atoms with Crippen LogP contribution in [0, 0.1) is 5.41 Å². The quantitative estimate of drug-likeness (QED) is 0.687. The first-order valence-electron chi connectivity index (χ1n) is 5.37. The third kappa shape index (κ3) is 1.39. The highest BCUT2D eigenvalue weighted by Crippen LogP contribution is 2.43. The van der Waals surface area contributed by atoms with Crippen molar-refractivity contribution >= 4 is 5.78 Å². The molecule has 2 rings (SSSR count). The molecule has 0 atom stereocenters. The Labute approximate surface area is 84.3 Å². The molecule has 1 fully saturated rings. The second-order valence-electron chi connectivity index (χ2n) is 4.15. The second kappa shape index (κ2) is 3.60. The van der Waals surface area contributed by atoms with Crippen LogP contribution in [0.5, 0.6) is 0 Å². The van der Waals surface area contributed by atoms with E-state index in [2.05, 4.69) is 6.92 Å². The molecule has 0 aromatic carbocycles. The van der Waals surface area contributed by atoms with Crippen molar-refractivity contribution in [3.05, 3.63) is 24.2 Å². The van der Waals surface area contributed by atoms with Gasteiger partial charge in [-0.1, -0.05) is 19.8 Å². The van der Waals surface area contributed by atoms with E-state index >= 15 is 0 Å². The molecule has 2 heteroatoms. The van der Waals surface area contributed by atoms with Gasteiger partial charge in [-0.2, -0.15) is 0 Å². The summed E-state index contributed by atoms with van der Waals surface area (Å²) in [6.07, 6.45) is 6.94. The van der Waals surface area contributed by atoms with Gasteiger partial charge in [-0.25, -0.2) is 0 Å². The van der Waals surface area contributed by atoms with Gasteiger partial charge in [0.15, 0.2) is 5.76 Å². The lowest BCUT2D eigenvalue weighted by atomic mass is 9.78. The summed E-state index contributed by atoms with van der Waals surface area (Å²) in [4.78, 5) is 12.2. The van der Waals surface area contributed by atoms with Gasteiger partial charge in [-0.15, -0.1) is 0 Å². The molecule has 0 bridgehead atoms. The number of ketones is 1. The molecule has 0 amide bonds. The van der Waals surface area contributed by atoms with Crippen LogP contribution in [0.4, 0.5) is 0 Å². The van der Waals surface area contributed by atoms with Crippen LogP contribution in [-0.4, -0.2) is 5.78 Å². The van der Waals surface area contributed by atoms with E-state index in [0.29, 0.717) is 5.76 Å². The third-order valence-electron chi connectivity index (χ3n) is 3.46. The molecular weight excluding hydrogens is 176 g/mol. The summed E-state index contributed by atoms with van der Waals surface area (Å²) in [5.74, 6) is 0.747. The van der Waals surface area contributed by atoms with Crippen molar-refractivity contribution < 1.29 is 9.21 Å². The van der Waals surface area contributed by atoms with Gasteiger partial charge in [-0.05, 0) is 31.4 Å². The Morgan fingerprint density at radius 1 is 1.50 bits per heavy atom. The Morgan fingerprint density at radius 3 is 2.71 bits per heavy atom. The molecule has 0 aliphatic heterocycles. The van der Waals surface area contributed by atoms with Crippen molar-refractivity contribution in [1.82, 2.24) is 0 Å². The van der Waals surface area contributed by atoms with E-state index in [1.165, 1.54) is 12.8 Å². The molecule has 0 radical (unpaired) electrons. The van der Waals surface area contributed by atoms with E-state index in [4.69, 9.17) is 4.42 Å². The summed E-state index contributed by atoms with van der Waals surface area (Å²) in [6, 6.07) is 3.56. The Hall–Kier alpha value is -1.05. The Balaban J connectivity index is 2.24. The van der Waals surface area contributed by atoms with Crippen molar-refractivity contribution in [3.8, 4) is 0 Å². The molecule has 1 aromatic heterocycles. The van der Waals surface area contributed by atoms with Gasteiger partial charge in [0.05, 0.1) is 6.26 Å². The first-order chi connectivity index (χ1) is 6.78. The zero-order valence-corrected chi connectivity index (χ0v) is 8.58. The fourth-order valence-electron chi connectivity index (χ4n) is 2.46. The van der Waals surface area contributed by atoms with E-state index < -0.39 is 0 Å². The smallest absolute Gasteiger partial charge is 0.204 e. The number of carbonyl (C=O) groups excluding carboxylic acids is 1. The highest BCUT2D eigenvalue weighted by Gasteiger charge is 2.40. The van der Waals surface area contributed by atoms with Crippen molar-refractivity contribution in [2.45, 2.75) is 39.0 Å². The molecule has 0 saturated heterocycles. The minimum absolute atomic E-state index is 0.113. The molecule has 1 heterocycles. The van der Waals surface area contributed by atoms with Gasteiger partial charge >= 0.3 is 0 Å². The Kier molecular flexibility index (Phi) is 2.44. The lowest BCUT2D eigenvalue weighted by molar-refractivity contribution is 0.0760. The minimum Gasteiger partial charge on any atom is -0.461 e. The van der Waals surface area contributed by atoms with Crippen LogP contribution >= 0.6 is 0 Å². The topological polar surface area (TPSA) is 30.2 Å². The summed E-state index contributed by atoms with van der Waals surface area (Å²) in [5, 5.41) is 0. The highest BCUT2D eigenvalue weighted by molar-refractivity contribution is 5.98. The van der Waals surface area contributed by atoms with Crippen LogP contribution in [0.15, 0.2) is 22.8 Å². The number of Topliss-reactive ketones (excluding diaryl/α,β-unsaturated/α-hetero) is 1. The SMILES string of the molecule is CCC1(C(=O)c2ccco2)CCCC1. The van der Waals surface area contributed by atoms with E-state index in [0.717, 1.165) is 19.3 Å². The predicted molar refractivity (Wildman–Crippen MR) is 54.2 cm³/mol. The van der Waals surface area contributed by atoms with Crippen LogP contribution in [-0.2, 0) is 0 Å². The van der Waals surface area contributed by atoms with Crippen molar-refractivity contribution in [2.75, 3.05) is 0 Å². The van der Waals surface area contributed by atoms with Gasteiger partial charge < -0.3 is 4.42 Å². The first kappa shape index (κ1) is 9.50. The number of hydrogen-bond donors (Lipinski definition) is 0. The molecular formula is C12H16O2. The average Bonchev–Trinajstić information content (AvgIpc) is 2.89. The molecule has 0 unspecified atom stereocenters. The largest absolute Gasteiger partial charge is 0.461 e. The second-order valence-corrected chi connectivity index (χ2v) is 4.15. The Bertz CT molecular complexity index is 305. The highest BCUT2D eigenvalue weighted by atomic mass is 16.3. The van der Waals surface area contributed by atoms with Gasteiger partial charge in [0.1, 0.15) is 0 Å². The van der Waals surface area contributed by atoms with Crippen LogP contribution in [0.2, 0.25) is 0 Å². The van der Waals surface area contributed by atoms with E-state index in [9.17, 15) is 4.79 Å². The van der Waals surface area contributed by atoms with Crippen LogP contribution in [0.25, 0.3) is 0 Å². The first-order valence-corrected chi connectivity index (χ1v) is 5.37. The maximum absolute atomic E-state index is 12.2. The standard InChI is InChI=1S/C12H16O2/c1-2-12(7-3-4-8-12)11(13)10-6-5-9-14-10/h5-6,9H,2-4,7-8H2,1H3. The summed E-state index contributed by atoms with van der Waals surface area (Å²) in [5.41, 5.74) is -0.113. The lowest BCUT2D eigenvalue weighted by Crippen LogP contribution is -2.26. The van der Waals surface area contributed by atoms with Gasteiger partial charge in [0.2, 0.25) is 5.78 Å². The zero-order valence-electron chi connectivity index (χ0n) is 8.58. The van der Waals surface area contributed by atoms with E-state index in [1.54, 1.807) is 18.4 Å². The normalized spacial score (nSPS) is 19.8. The summed E-state index contributed by atoms with van der Waals surface area (Å²) in [7, 11) is 0. The van der Waals surface area contributed by atoms with Gasteiger partial charge in [-0.3, -0.25) is 4.79 Å². The fourth-order valence-corrected chi connectivity index (χ4v) is 2.46. The molecule has 76 valence electrons. The van der Waals surface area contributed by atoms with Crippen molar-refractivity contribution in [2.24, 2.45) is 5.41 Å². The number of hydrogen-bond acceptors (Lipinski definition) is 2. The van der Waals surface area contributed by atoms with Gasteiger partial charge in [0.25, 0.3) is 0 Å². The van der Waals surface area contributed by atoms with Crippen molar-refractivity contribution in [1.29, 1.82) is 0 Å². The lowest BCUT2D eigenvalue weighted by Gasteiger charge is -2.24. The molecule has 1 saturated carbocycles. The maximum atomic E-state index is 12.2. The number of carbonyl (C=O) groups is 1. The third-order valence-corrected chi connectivity index (χ3v) is 3.46. The molecule has 14 heavy (non-hydrogen) atoms. The molecule has 1 aromatic rings. The van der Waals surface area contributed by atoms with E-state index in [-0.39, 0.29) is 11.2 Å². The monoisotopic (exact) mass is 192 g/mol. The fraction of sp³-hybridized carbons (Fsp3) is 0.583. The Morgan fingerprint density at radius 2 is 2.21 bits per heavy atom. The molecule has 1 aliphatic carbocycles. The molecule has 0 spiro atoms. The maximum Gasteiger partial charge on any atom is 0.204 e. The number of rotatable bonds is 3. The van der Waals surface area contributed by atoms with Gasteiger partial charge in [0, 0.05) is 5.41 Å². The molecule has 0 N–H and O–H groups in total. The average molecular weight is 192 g/mol. The molecule has 2 nitrogen and oxygen atoms in total. The summed E-state index contributed by atoms with van der Waals surface area (Å²) in [6.45, 7) is 2.10. The summed E-state index contributed by atoms with van der Waals surface area (Å²) < 4.78 is 5.19. The minimum atomic E-state index is -0.113. The van der Waals surface area contributed by atoms with Crippen LogP contribution in [0.1, 0.15) is 49.6 Å². The summed E-state index contributed by atoms with van der Waals surface area (Å²) >= 11 is 0. The number of furan rings is 1. The van der Waals surface area contributed by atoms with Crippen LogP contribution in [0.3, 0.4) is 0 Å². The van der Waals surface area contributed by atoms with Crippen molar-refractivity contribution in [3.63, 3.8) is 0 Å². The molecule has 1 aliphatic rings. The van der Waals surface area contributed by atoms with Crippen LogP contribution < -0.4 is 0 Å². The predicted octanol–water partition coefficient (Wildman–Crippen LogP) is 3.43. The van der Waals surface area contributed by atoms with E-state index in [1.807, 2.05) is 0 Å².